The monoisotopic (exact) mass is 281 g/mol. The van der Waals surface area contributed by atoms with Crippen LogP contribution in [0.15, 0.2) is 36.5 Å². The number of hydrogen-bond donors (Lipinski definition) is 2. The number of benzene rings is 1. The fraction of sp³-hybridized carbons (Fsp3) is 0.214. The third kappa shape index (κ3) is 3.20. The number of halogens is 3. The molecule has 0 aliphatic carbocycles. The van der Waals surface area contributed by atoms with Gasteiger partial charge in [0, 0.05) is 24.5 Å². The van der Waals surface area contributed by atoms with Crippen molar-refractivity contribution in [1.82, 2.24) is 4.98 Å². The van der Waals surface area contributed by atoms with Crippen LogP contribution in [0.3, 0.4) is 0 Å². The zero-order chi connectivity index (χ0) is 14.8. The Kier molecular flexibility index (Phi) is 3.83. The predicted octanol–water partition coefficient (Wildman–Crippen LogP) is 3.60. The van der Waals surface area contributed by atoms with Crippen molar-refractivity contribution in [2.24, 2.45) is 0 Å². The average Bonchev–Trinajstić information content (AvgIpc) is 2.39. The first-order valence-electron chi connectivity index (χ1n) is 5.99. The smallest absolute Gasteiger partial charge is 0.398 e. The third-order valence-electron chi connectivity index (χ3n) is 2.93. The fourth-order valence-electron chi connectivity index (χ4n) is 1.77. The molecular formula is C14H14F3N3. The van der Waals surface area contributed by atoms with Gasteiger partial charge in [0.1, 0.15) is 5.82 Å². The van der Waals surface area contributed by atoms with Gasteiger partial charge in [-0.25, -0.2) is 4.98 Å². The number of aromatic nitrogens is 1. The number of nitrogen functional groups attached to an aromatic ring is 1. The molecule has 3 nitrogen and oxygen atoms in total. The second-order valence-electron chi connectivity index (χ2n) is 4.43. The van der Waals surface area contributed by atoms with Crippen LogP contribution in [-0.4, -0.2) is 4.98 Å². The summed E-state index contributed by atoms with van der Waals surface area (Å²) in [6, 6.07) is 7.05. The molecule has 0 aliphatic heterocycles. The molecule has 0 fully saturated rings. The van der Waals surface area contributed by atoms with Crippen LogP contribution in [0.1, 0.15) is 16.7 Å². The summed E-state index contributed by atoms with van der Waals surface area (Å²) in [4.78, 5) is 4.07. The highest BCUT2D eigenvalue weighted by Gasteiger charge is 2.32. The number of nitrogens with two attached hydrogens (primary N) is 1. The molecule has 2 aromatic rings. The van der Waals surface area contributed by atoms with Crippen molar-refractivity contribution in [3.05, 3.63) is 53.2 Å². The number of alkyl halides is 3. The maximum atomic E-state index is 12.8. The van der Waals surface area contributed by atoms with Crippen LogP contribution in [0.2, 0.25) is 0 Å². The zero-order valence-corrected chi connectivity index (χ0v) is 10.8. The summed E-state index contributed by atoms with van der Waals surface area (Å²) in [5.41, 5.74) is 6.62. The number of aryl methyl sites for hydroxylation is 1. The van der Waals surface area contributed by atoms with Crippen LogP contribution in [0.25, 0.3) is 0 Å². The Morgan fingerprint density at radius 2 is 1.95 bits per heavy atom. The highest BCUT2D eigenvalue weighted by atomic mass is 19.4. The number of nitrogens with zero attached hydrogens (tertiary/aromatic N) is 1. The van der Waals surface area contributed by atoms with Gasteiger partial charge in [-0.3, -0.25) is 0 Å². The molecule has 0 unspecified atom stereocenters. The molecule has 0 aliphatic rings. The molecule has 106 valence electrons. The SMILES string of the molecule is Cc1cnc(NCc2ccccc2C(F)(F)F)cc1N. The van der Waals surface area contributed by atoms with Gasteiger partial charge in [-0.15, -0.1) is 0 Å². The van der Waals surface area contributed by atoms with Crippen LogP contribution in [0, 0.1) is 6.92 Å². The van der Waals surface area contributed by atoms with E-state index in [-0.39, 0.29) is 12.1 Å². The maximum Gasteiger partial charge on any atom is 0.416 e. The molecule has 20 heavy (non-hydrogen) atoms. The van der Waals surface area contributed by atoms with E-state index in [2.05, 4.69) is 10.3 Å². The fourth-order valence-corrected chi connectivity index (χ4v) is 1.77. The van der Waals surface area contributed by atoms with E-state index in [1.54, 1.807) is 18.3 Å². The second kappa shape index (κ2) is 5.40. The van der Waals surface area contributed by atoms with Crippen molar-refractivity contribution in [3.8, 4) is 0 Å². The number of anilines is 2. The van der Waals surface area contributed by atoms with Crippen molar-refractivity contribution < 1.29 is 13.2 Å². The number of hydrogen-bond acceptors (Lipinski definition) is 3. The lowest BCUT2D eigenvalue weighted by atomic mass is 10.1. The largest absolute Gasteiger partial charge is 0.416 e. The molecule has 2 rings (SSSR count). The first-order chi connectivity index (χ1) is 9.38. The first-order valence-corrected chi connectivity index (χ1v) is 5.99. The Bertz CT molecular complexity index is 609. The predicted molar refractivity (Wildman–Crippen MR) is 72.2 cm³/mol. The molecular weight excluding hydrogens is 267 g/mol. The summed E-state index contributed by atoms with van der Waals surface area (Å²) < 4.78 is 38.5. The van der Waals surface area contributed by atoms with Gasteiger partial charge in [-0.2, -0.15) is 13.2 Å². The lowest BCUT2D eigenvalue weighted by Crippen LogP contribution is -2.12. The topological polar surface area (TPSA) is 50.9 Å². The Labute approximate surface area is 114 Å². The van der Waals surface area contributed by atoms with E-state index in [9.17, 15) is 13.2 Å². The minimum atomic E-state index is -4.36. The summed E-state index contributed by atoms with van der Waals surface area (Å²) in [5, 5.41) is 2.85. The first kappa shape index (κ1) is 14.2. The molecule has 1 heterocycles. The standard InChI is InChI=1S/C14H14F3N3/c1-9-7-19-13(6-12(9)18)20-8-10-4-2-3-5-11(10)14(15,16)17/h2-7H,8H2,1H3,(H3,18,19,20). The second-order valence-corrected chi connectivity index (χ2v) is 4.43. The Morgan fingerprint density at radius 1 is 1.25 bits per heavy atom. The van der Waals surface area contributed by atoms with Crippen LogP contribution in [-0.2, 0) is 12.7 Å². The average molecular weight is 281 g/mol. The van der Waals surface area contributed by atoms with E-state index < -0.39 is 11.7 Å². The summed E-state index contributed by atoms with van der Waals surface area (Å²) in [6.45, 7) is 1.84. The minimum Gasteiger partial charge on any atom is -0.398 e. The van der Waals surface area contributed by atoms with Crippen molar-refractivity contribution in [2.75, 3.05) is 11.1 Å². The van der Waals surface area contributed by atoms with E-state index in [4.69, 9.17) is 5.73 Å². The summed E-state index contributed by atoms with van der Waals surface area (Å²) in [7, 11) is 0. The van der Waals surface area contributed by atoms with E-state index >= 15 is 0 Å². The van der Waals surface area contributed by atoms with Gasteiger partial charge in [-0.05, 0) is 24.1 Å². The molecule has 0 radical (unpaired) electrons. The molecule has 3 N–H and O–H groups in total. The maximum absolute atomic E-state index is 12.8. The van der Waals surface area contributed by atoms with E-state index in [0.29, 0.717) is 11.5 Å². The molecule has 1 aromatic carbocycles. The van der Waals surface area contributed by atoms with Crippen molar-refractivity contribution in [2.45, 2.75) is 19.6 Å². The van der Waals surface area contributed by atoms with Gasteiger partial charge in [0.25, 0.3) is 0 Å². The van der Waals surface area contributed by atoms with Gasteiger partial charge < -0.3 is 11.1 Å². The van der Waals surface area contributed by atoms with Crippen molar-refractivity contribution in [1.29, 1.82) is 0 Å². The van der Waals surface area contributed by atoms with Gasteiger partial charge in [-0.1, -0.05) is 18.2 Å². The summed E-state index contributed by atoms with van der Waals surface area (Å²) in [5.74, 6) is 0.449. The lowest BCUT2D eigenvalue weighted by Gasteiger charge is -2.13. The number of rotatable bonds is 3. The lowest BCUT2D eigenvalue weighted by molar-refractivity contribution is -0.138. The van der Waals surface area contributed by atoms with Crippen LogP contribution in [0.5, 0.6) is 0 Å². The molecule has 1 aromatic heterocycles. The van der Waals surface area contributed by atoms with Crippen molar-refractivity contribution >= 4 is 11.5 Å². The highest BCUT2D eigenvalue weighted by Crippen LogP contribution is 2.32. The van der Waals surface area contributed by atoms with Crippen LogP contribution in [0.4, 0.5) is 24.7 Å². The van der Waals surface area contributed by atoms with Gasteiger partial charge in [0.05, 0.1) is 5.56 Å². The molecule has 6 heteroatoms. The minimum absolute atomic E-state index is 0.0329. The van der Waals surface area contributed by atoms with Gasteiger partial charge in [0.15, 0.2) is 0 Å². The summed E-state index contributed by atoms with van der Waals surface area (Å²) >= 11 is 0. The van der Waals surface area contributed by atoms with Crippen LogP contribution < -0.4 is 11.1 Å². The van der Waals surface area contributed by atoms with E-state index in [1.807, 2.05) is 6.92 Å². The quantitative estimate of drug-likeness (QED) is 0.903. The van der Waals surface area contributed by atoms with Crippen molar-refractivity contribution in [3.63, 3.8) is 0 Å². The zero-order valence-electron chi connectivity index (χ0n) is 10.8. The van der Waals surface area contributed by atoms with Gasteiger partial charge >= 0.3 is 6.18 Å². The van der Waals surface area contributed by atoms with Gasteiger partial charge in [0.2, 0.25) is 0 Å². The number of nitrogens with one attached hydrogen (secondary N) is 1. The molecule has 0 amide bonds. The van der Waals surface area contributed by atoms with E-state index in [1.165, 1.54) is 12.1 Å². The normalized spacial score (nSPS) is 11.4. The molecule has 0 saturated carbocycles. The molecule has 0 bridgehead atoms. The Hall–Kier alpha value is -2.24. The van der Waals surface area contributed by atoms with Crippen LogP contribution >= 0.6 is 0 Å². The Balaban J connectivity index is 2.17. The number of pyridine rings is 1. The molecule has 0 atom stereocenters. The molecule has 0 spiro atoms. The highest BCUT2D eigenvalue weighted by molar-refractivity contribution is 5.53. The third-order valence-corrected chi connectivity index (χ3v) is 2.93. The van der Waals surface area contributed by atoms with E-state index in [0.717, 1.165) is 11.6 Å². The molecule has 0 saturated heterocycles. The Morgan fingerprint density at radius 3 is 2.60 bits per heavy atom. The summed E-state index contributed by atoms with van der Waals surface area (Å²) in [6.07, 6.45) is -2.79.